The van der Waals surface area contributed by atoms with Crippen molar-refractivity contribution in [2.24, 2.45) is 0 Å². The van der Waals surface area contributed by atoms with Crippen LogP contribution in [0.15, 0.2) is 104 Å². The molecule has 0 aromatic heterocycles. The average Bonchev–Trinajstić information content (AvgIpc) is 3.02. The van der Waals surface area contributed by atoms with Crippen LogP contribution < -0.4 is 0 Å². The van der Waals surface area contributed by atoms with E-state index < -0.39 is 55.2 Å². The van der Waals surface area contributed by atoms with Gasteiger partial charge in [-0.15, -0.1) is 6.58 Å². The van der Waals surface area contributed by atoms with E-state index in [-0.39, 0.29) is 23.3 Å². The molecule has 9 heteroatoms. The molecule has 1 aliphatic rings. The van der Waals surface area contributed by atoms with Gasteiger partial charge in [-0.2, -0.15) is 0 Å². The first-order valence-electron chi connectivity index (χ1n) is 13.3. The monoisotopic (exact) mass is 560 g/mol. The molecule has 9 nitrogen and oxygen atoms in total. The van der Waals surface area contributed by atoms with Crippen LogP contribution in [0.5, 0.6) is 0 Å². The number of hydrogen-bond donors (Lipinski definition) is 1. The fourth-order valence-electron chi connectivity index (χ4n) is 4.29. The van der Waals surface area contributed by atoms with Gasteiger partial charge < -0.3 is 28.8 Å². The van der Waals surface area contributed by atoms with Gasteiger partial charge >= 0.3 is 17.9 Å². The number of allylic oxidation sites excluding steroid dienone is 1. The second-order valence-electron chi connectivity index (χ2n) is 9.24. The highest BCUT2D eigenvalue weighted by Gasteiger charge is 2.53. The van der Waals surface area contributed by atoms with E-state index in [9.17, 15) is 19.5 Å². The maximum atomic E-state index is 13.3. The van der Waals surface area contributed by atoms with Crippen molar-refractivity contribution in [3.63, 3.8) is 0 Å². The van der Waals surface area contributed by atoms with Gasteiger partial charge in [0.05, 0.1) is 29.9 Å². The quantitative estimate of drug-likeness (QED) is 0.149. The third-order valence-corrected chi connectivity index (χ3v) is 6.36. The fourth-order valence-corrected chi connectivity index (χ4v) is 4.29. The molecule has 3 aromatic rings. The van der Waals surface area contributed by atoms with Crippen molar-refractivity contribution in [2.75, 3.05) is 13.2 Å². The number of carbonyl (C=O) groups is 3. The highest BCUT2D eigenvalue weighted by atomic mass is 16.7. The summed E-state index contributed by atoms with van der Waals surface area (Å²) < 4.78 is 29.4. The third kappa shape index (κ3) is 7.88. The second kappa shape index (κ2) is 14.9. The van der Waals surface area contributed by atoms with Gasteiger partial charge in [0.2, 0.25) is 0 Å². The van der Waals surface area contributed by atoms with E-state index in [0.29, 0.717) is 12.8 Å². The molecule has 3 aromatic carbocycles. The predicted molar refractivity (Wildman–Crippen MR) is 148 cm³/mol. The van der Waals surface area contributed by atoms with Crippen LogP contribution in [-0.2, 0) is 23.7 Å². The van der Waals surface area contributed by atoms with Crippen LogP contribution in [-0.4, -0.2) is 66.9 Å². The SMILES string of the molecule is C=CCCCO[C@H]1O[C@H](CO)[C@@H](OC(=O)c2ccccc2)[C@H](OC(=O)c2ccccc2)[C@H]1OC(=O)c1ccccc1. The molecule has 1 saturated heterocycles. The number of aliphatic hydroxyl groups excluding tert-OH is 1. The maximum absolute atomic E-state index is 13.3. The van der Waals surface area contributed by atoms with E-state index >= 15 is 0 Å². The first-order valence-corrected chi connectivity index (χ1v) is 13.3. The van der Waals surface area contributed by atoms with Crippen molar-refractivity contribution < 1.29 is 43.2 Å². The highest BCUT2D eigenvalue weighted by molar-refractivity contribution is 5.91. The Morgan fingerprint density at radius 2 is 1.15 bits per heavy atom. The summed E-state index contributed by atoms with van der Waals surface area (Å²) in [5, 5.41) is 10.3. The topological polar surface area (TPSA) is 118 Å². The molecule has 1 fully saturated rings. The van der Waals surface area contributed by atoms with Crippen molar-refractivity contribution in [3.8, 4) is 0 Å². The zero-order valence-corrected chi connectivity index (χ0v) is 22.4. The van der Waals surface area contributed by atoms with Crippen LogP contribution in [0.1, 0.15) is 43.9 Å². The van der Waals surface area contributed by atoms with E-state index in [1.807, 2.05) is 0 Å². The van der Waals surface area contributed by atoms with Crippen molar-refractivity contribution in [3.05, 3.63) is 120 Å². The van der Waals surface area contributed by atoms with Gasteiger partial charge in [-0.25, -0.2) is 14.4 Å². The number of hydrogen-bond acceptors (Lipinski definition) is 9. The van der Waals surface area contributed by atoms with Crippen molar-refractivity contribution in [1.29, 1.82) is 0 Å². The van der Waals surface area contributed by atoms with Crippen LogP contribution in [0.25, 0.3) is 0 Å². The Labute approximate surface area is 238 Å². The normalized spacial score (nSPS) is 21.8. The van der Waals surface area contributed by atoms with E-state index in [2.05, 4.69) is 6.58 Å². The lowest BCUT2D eigenvalue weighted by Crippen LogP contribution is -2.63. The van der Waals surface area contributed by atoms with E-state index in [1.165, 1.54) is 0 Å². The lowest BCUT2D eigenvalue weighted by atomic mass is 9.97. The molecule has 0 saturated carbocycles. The molecule has 1 N–H and O–H groups in total. The number of aliphatic hydroxyl groups is 1. The fraction of sp³-hybridized carbons (Fsp3) is 0.281. The summed E-state index contributed by atoms with van der Waals surface area (Å²) in [6.45, 7) is 3.30. The summed E-state index contributed by atoms with van der Waals surface area (Å²) in [4.78, 5) is 39.6. The first-order chi connectivity index (χ1) is 20.0. The molecule has 0 radical (unpaired) electrons. The second-order valence-corrected chi connectivity index (χ2v) is 9.24. The molecule has 4 rings (SSSR count). The summed E-state index contributed by atoms with van der Waals surface area (Å²) in [5.41, 5.74) is 0.704. The number of carbonyl (C=O) groups excluding carboxylic acids is 3. The van der Waals surface area contributed by atoms with E-state index in [1.54, 1.807) is 97.1 Å². The molecule has 0 bridgehead atoms. The number of ether oxygens (including phenoxy) is 5. The van der Waals surface area contributed by atoms with Crippen molar-refractivity contribution >= 4 is 17.9 Å². The van der Waals surface area contributed by atoms with Crippen LogP contribution >= 0.6 is 0 Å². The molecule has 41 heavy (non-hydrogen) atoms. The first kappa shape index (κ1) is 29.7. The molecule has 5 atom stereocenters. The van der Waals surface area contributed by atoms with Gasteiger partial charge in [-0.1, -0.05) is 60.7 Å². The van der Waals surface area contributed by atoms with Gasteiger partial charge in [0.15, 0.2) is 24.6 Å². The molecule has 214 valence electrons. The zero-order chi connectivity index (χ0) is 29.0. The number of rotatable bonds is 12. The van der Waals surface area contributed by atoms with Gasteiger partial charge in [-0.3, -0.25) is 0 Å². The van der Waals surface area contributed by atoms with Crippen molar-refractivity contribution in [1.82, 2.24) is 0 Å². The highest BCUT2D eigenvalue weighted by Crippen LogP contribution is 2.31. The minimum absolute atomic E-state index is 0.196. The van der Waals surface area contributed by atoms with Crippen LogP contribution in [0.2, 0.25) is 0 Å². The summed E-state index contributed by atoms with van der Waals surface area (Å²) in [5.74, 6) is -2.21. The molecular formula is C32H32O9. The summed E-state index contributed by atoms with van der Waals surface area (Å²) in [6.07, 6.45) is -3.51. The van der Waals surface area contributed by atoms with E-state index in [0.717, 1.165) is 0 Å². The Morgan fingerprint density at radius 1 is 0.707 bits per heavy atom. The summed E-state index contributed by atoms with van der Waals surface area (Å²) >= 11 is 0. The standard InChI is InChI=1S/C32H32O9/c1-2-3-13-20-37-32-28(41-31(36)24-18-11-6-12-19-24)27(40-30(35)23-16-9-5-10-17-23)26(25(21-33)38-32)39-29(34)22-14-7-4-8-15-22/h2,4-12,14-19,25-28,32-33H,1,3,13,20-21H2/t25-,26-,27+,28-,32+/m1/s1. The summed E-state index contributed by atoms with van der Waals surface area (Å²) in [6, 6.07) is 24.6. The van der Waals surface area contributed by atoms with Gasteiger partial charge in [0.25, 0.3) is 0 Å². The smallest absolute Gasteiger partial charge is 0.338 e. The number of esters is 3. The van der Waals surface area contributed by atoms with Gasteiger partial charge in [0.1, 0.15) is 6.10 Å². The number of unbranched alkanes of at least 4 members (excludes halogenated alkanes) is 1. The lowest BCUT2D eigenvalue weighted by molar-refractivity contribution is -0.298. The Hall–Kier alpha value is -4.31. The maximum Gasteiger partial charge on any atom is 0.338 e. The molecule has 1 heterocycles. The summed E-state index contributed by atoms with van der Waals surface area (Å²) in [7, 11) is 0. The van der Waals surface area contributed by atoms with Crippen LogP contribution in [0.4, 0.5) is 0 Å². The molecule has 0 spiro atoms. The van der Waals surface area contributed by atoms with E-state index in [4.69, 9.17) is 23.7 Å². The minimum Gasteiger partial charge on any atom is -0.452 e. The van der Waals surface area contributed by atoms with Gasteiger partial charge in [0, 0.05) is 0 Å². The largest absolute Gasteiger partial charge is 0.452 e. The van der Waals surface area contributed by atoms with Gasteiger partial charge in [-0.05, 0) is 49.2 Å². The average molecular weight is 561 g/mol. The zero-order valence-electron chi connectivity index (χ0n) is 22.4. The minimum atomic E-state index is -1.39. The Balaban J connectivity index is 1.70. The Morgan fingerprint density at radius 3 is 1.59 bits per heavy atom. The predicted octanol–water partition coefficient (Wildman–Crippen LogP) is 4.36. The van der Waals surface area contributed by atoms with Crippen LogP contribution in [0, 0.1) is 0 Å². The number of benzene rings is 3. The Bertz CT molecular complexity index is 1280. The van der Waals surface area contributed by atoms with Crippen molar-refractivity contribution in [2.45, 2.75) is 43.5 Å². The molecule has 1 aliphatic heterocycles. The molecule has 0 unspecified atom stereocenters. The van der Waals surface area contributed by atoms with Crippen LogP contribution in [0.3, 0.4) is 0 Å². The molecule has 0 amide bonds. The molecular weight excluding hydrogens is 528 g/mol. The third-order valence-electron chi connectivity index (χ3n) is 6.36. The molecule has 0 aliphatic carbocycles. The lowest BCUT2D eigenvalue weighted by Gasteiger charge is -2.44. The Kier molecular flexibility index (Phi) is 10.8.